The van der Waals surface area contributed by atoms with E-state index in [0.717, 1.165) is 6.54 Å². The van der Waals surface area contributed by atoms with Gasteiger partial charge in [0.25, 0.3) is 0 Å². The van der Waals surface area contributed by atoms with Crippen LogP contribution in [0.5, 0.6) is 0 Å². The number of hydrogen-bond acceptors (Lipinski definition) is 2. The summed E-state index contributed by atoms with van der Waals surface area (Å²) in [6.45, 7) is 5.63. The first-order chi connectivity index (χ1) is 6.91. The smallest absolute Gasteiger partial charge is 0.00772 e. The molecule has 14 heavy (non-hydrogen) atoms. The first-order valence-corrected chi connectivity index (χ1v) is 6.32. The molecule has 86 valence electrons. The van der Waals surface area contributed by atoms with E-state index in [9.17, 15) is 0 Å². The Morgan fingerprint density at radius 2 is 1.29 bits per heavy atom. The van der Waals surface area contributed by atoms with Gasteiger partial charge in [-0.25, -0.2) is 0 Å². The summed E-state index contributed by atoms with van der Waals surface area (Å²) in [5.41, 5.74) is 5.39. The highest BCUT2D eigenvalue weighted by atomic mass is 15.0. The van der Waals surface area contributed by atoms with E-state index < -0.39 is 0 Å². The van der Waals surface area contributed by atoms with E-state index in [0.29, 0.717) is 0 Å². The minimum absolute atomic E-state index is 0.870. The molecule has 1 aliphatic heterocycles. The SMILES string of the molecule is C1CN1.CCCCCCCCCCN. The highest BCUT2D eigenvalue weighted by Crippen LogP contribution is 2.07. The summed E-state index contributed by atoms with van der Waals surface area (Å²) < 4.78 is 0. The first kappa shape index (κ1) is 13.9. The molecule has 0 saturated carbocycles. The largest absolute Gasteiger partial charge is 0.330 e. The van der Waals surface area contributed by atoms with Gasteiger partial charge in [-0.2, -0.15) is 0 Å². The van der Waals surface area contributed by atoms with Gasteiger partial charge < -0.3 is 11.1 Å². The van der Waals surface area contributed by atoms with Crippen molar-refractivity contribution in [1.29, 1.82) is 0 Å². The van der Waals surface area contributed by atoms with Crippen LogP contribution in [-0.4, -0.2) is 19.6 Å². The van der Waals surface area contributed by atoms with Crippen LogP contribution in [-0.2, 0) is 0 Å². The van der Waals surface area contributed by atoms with E-state index in [1.807, 2.05) is 0 Å². The second-order valence-corrected chi connectivity index (χ2v) is 4.01. The molecule has 0 aliphatic carbocycles. The number of nitrogens with one attached hydrogen (secondary N) is 1. The fraction of sp³-hybridized carbons (Fsp3) is 1.00. The normalized spacial score (nSPS) is 13.3. The van der Waals surface area contributed by atoms with E-state index >= 15 is 0 Å². The number of hydrogen-bond donors (Lipinski definition) is 2. The summed E-state index contributed by atoms with van der Waals surface area (Å²) in [7, 11) is 0. The quantitative estimate of drug-likeness (QED) is 0.467. The van der Waals surface area contributed by atoms with Gasteiger partial charge in [-0.05, 0) is 13.0 Å². The van der Waals surface area contributed by atoms with Gasteiger partial charge in [-0.3, -0.25) is 0 Å². The van der Waals surface area contributed by atoms with Gasteiger partial charge in [0.1, 0.15) is 0 Å². The molecule has 3 N–H and O–H groups in total. The third-order valence-electron chi connectivity index (χ3n) is 2.31. The van der Waals surface area contributed by atoms with Gasteiger partial charge in [0.2, 0.25) is 0 Å². The second-order valence-electron chi connectivity index (χ2n) is 4.01. The fourth-order valence-electron chi connectivity index (χ4n) is 1.28. The molecular weight excluding hydrogens is 172 g/mol. The third kappa shape index (κ3) is 17.9. The Kier molecular flexibility index (Phi) is 12.8. The lowest BCUT2D eigenvalue weighted by atomic mass is 10.1. The molecule has 2 heteroatoms. The zero-order chi connectivity index (χ0) is 10.5. The average Bonchev–Trinajstić information content (AvgIpc) is 3.03. The lowest BCUT2D eigenvalue weighted by Gasteiger charge is -1.99. The number of rotatable bonds is 8. The van der Waals surface area contributed by atoms with Crippen molar-refractivity contribution >= 4 is 0 Å². The van der Waals surface area contributed by atoms with Crippen molar-refractivity contribution in [2.45, 2.75) is 58.3 Å². The Bertz CT molecular complexity index is 81.6. The number of unbranched alkanes of at least 4 members (excludes halogenated alkanes) is 7. The molecule has 0 unspecified atom stereocenters. The summed E-state index contributed by atoms with van der Waals surface area (Å²) in [6.07, 6.45) is 11.0. The summed E-state index contributed by atoms with van der Waals surface area (Å²) in [5, 5.41) is 3.00. The highest BCUT2D eigenvalue weighted by molar-refractivity contribution is 4.58. The van der Waals surface area contributed by atoms with Crippen LogP contribution in [0.2, 0.25) is 0 Å². The topological polar surface area (TPSA) is 48.0 Å². The van der Waals surface area contributed by atoms with Crippen molar-refractivity contribution < 1.29 is 0 Å². The maximum atomic E-state index is 5.39. The summed E-state index contributed by atoms with van der Waals surface area (Å²) in [4.78, 5) is 0. The maximum Gasteiger partial charge on any atom is 0.00772 e. The molecule has 0 amide bonds. The zero-order valence-electron chi connectivity index (χ0n) is 9.86. The lowest BCUT2D eigenvalue weighted by Crippen LogP contribution is -1.97. The Morgan fingerprint density at radius 3 is 1.64 bits per heavy atom. The highest BCUT2D eigenvalue weighted by Gasteiger charge is 1.91. The Hall–Kier alpha value is -0.0800. The van der Waals surface area contributed by atoms with Gasteiger partial charge >= 0.3 is 0 Å². The molecule has 2 nitrogen and oxygen atoms in total. The molecule has 1 saturated heterocycles. The standard InChI is InChI=1S/C10H23N.C2H5N/c1-2-3-4-5-6-7-8-9-10-11;1-2-3-1/h2-11H2,1H3;3H,1-2H2. The van der Waals surface area contributed by atoms with Crippen LogP contribution in [0.15, 0.2) is 0 Å². The minimum Gasteiger partial charge on any atom is -0.330 e. The van der Waals surface area contributed by atoms with Gasteiger partial charge in [-0.15, -0.1) is 0 Å². The Morgan fingerprint density at radius 1 is 0.857 bits per heavy atom. The fourth-order valence-corrected chi connectivity index (χ4v) is 1.28. The predicted molar refractivity (Wildman–Crippen MR) is 64.5 cm³/mol. The molecule has 1 heterocycles. The molecule has 0 aromatic rings. The van der Waals surface area contributed by atoms with Crippen molar-refractivity contribution in [2.75, 3.05) is 19.6 Å². The average molecular weight is 200 g/mol. The molecule has 0 radical (unpaired) electrons. The van der Waals surface area contributed by atoms with Crippen molar-refractivity contribution in [3.63, 3.8) is 0 Å². The lowest BCUT2D eigenvalue weighted by molar-refractivity contribution is 0.578. The molecule has 1 rings (SSSR count). The molecule has 0 atom stereocenters. The van der Waals surface area contributed by atoms with Crippen molar-refractivity contribution in [3.05, 3.63) is 0 Å². The van der Waals surface area contributed by atoms with Crippen LogP contribution in [0.4, 0.5) is 0 Å². The van der Waals surface area contributed by atoms with Gasteiger partial charge in [0, 0.05) is 13.1 Å². The predicted octanol–water partition coefficient (Wildman–Crippen LogP) is 2.68. The summed E-state index contributed by atoms with van der Waals surface area (Å²) in [6, 6.07) is 0. The summed E-state index contributed by atoms with van der Waals surface area (Å²) in [5.74, 6) is 0. The summed E-state index contributed by atoms with van der Waals surface area (Å²) >= 11 is 0. The monoisotopic (exact) mass is 200 g/mol. The van der Waals surface area contributed by atoms with Crippen LogP contribution < -0.4 is 11.1 Å². The van der Waals surface area contributed by atoms with E-state index in [1.54, 1.807) is 0 Å². The molecular formula is C12H28N2. The van der Waals surface area contributed by atoms with E-state index in [2.05, 4.69) is 12.2 Å². The van der Waals surface area contributed by atoms with Gasteiger partial charge in [0.15, 0.2) is 0 Å². The van der Waals surface area contributed by atoms with Crippen molar-refractivity contribution in [1.82, 2.24) is 5.32 Å². The second kappa shape index (κ2) is 12.9. The Labute approximate surface area is 89.6 Å². The minimum atomic E-state index is 0.870. The molecule has 0 spiro atoms. The van der Waals surface area contributed by atoms with E-state index in [1.165, 1.54) is 64.5 Å². The Balaban J connectivity index is 0.000000469. The molecule has 0 aromatic heterocycles. The first-order valence-electron chi connectivity index (χ1n) is 6.32. The van der Waals surface area contributed by atoms with Crippen LogP contribution in [0, 0.1) is 0 Å². The van der Waals surface area contributed by atoms with Gasteiger partial charge in [-0.1, -0.05) is 51.9 Å². The van der Waals surface area contributed by atoms with E-state index in [-0.39, 0.29) is 0 Å². The molecule has 1 aliphatic rings. The number of nitrogens with two attached hydrogens (primary N) is 1. The molecule has 0 bridgehead atoms. The van der Waals surface area contributed by atoms with Crippen LogP contribution in [0.25, 0.3) is 0 Å². The van der Waals surface area contributed by atoms with Crippen molar-refractivity contribution in [2.24, 2.45) is 5.73 Å². The zero-order valence-corrected chi connectivity index (χ0v) is 9.86. The van der Waals surface area contributed by atoms with Crippen LogP contribution >= 0.6 is 0 Å². The van der Waals surface area contributed by atoms with E-state index in [4.69, 9.17) is 5.73 Å². The van der Waals surface area contributed by atoms with Crippen LogP contribution in [0.3, 0.4) is 0 Å². The third-order valence-corrected chi connectivity index (χ3v) is 2.31. The van der Waals surface area contributed by atoms with Crippen molar-refractivity contribution in [3.8, 4) is 0 Å². The van der Waals surface area contributed by atoms with Crippen LogP contribution in [0.1, 0.15) is 58.3 Å². The molecule has 1 fully saturated rings. The molecule has 0 aromatic carbocycles. The van der Waals surface area contributed by atoms with Gasteiger partial charge in [0.05, 0.1) is 0 Å². The maximum absolute atomic E-state index is 5.39.